The monoisotopic (exact) mass is 246 g/mol. The molecule has 94 valence electrons. The van der Waals surface area contributed by atoms with Gasteiger partial charge in [-0.05, 0) is 12.0 Å². The average Bonchev–Trinajstić information content (AvgIpc) is 2.96. The first kappa shape index (κ1) is 12.3. The van der Waals surface area contributed by atoms with Gasteiger partial charge in [-0.2, -0.15) is 10.2 Å². The summed E-state index contributed by atoms with van der Waals surface area (Å²) < 4.78 is 10.5. The van der Waals surface area contributed by atoms with Gasteiger partial charge in [0.25, 0.3) is 5.89 Å². The van der Waals surface area contributed by atoms with Crippen LogP contribution in [0.3, 0.4) is 0 Å². The molecule has 1 N–H and O–H groups in total. The van der Waals surface area contributed by atoms with Crippen molar-refractivity contribution in [2.24, 2.45) is 5.92 Å². The van der Waals surface area contributed by atoms with E-state index in [2.05, 4.69) is 15.1 Å². The molecule has 6 nitrogen and oxygen atoms in total. The van der Waals surface area contributed by atoms with Crippen molar-refractivity contribution >= 4 is 0 Å². The number of methoxy groups -OCH3 is 1. The fourth-order valence-electron chi connectivity index (χ4n) is 1.73. The predicted molar refractivity (Wildman–Crippen MR) is 63.4 cm³/mol. The van der Waals surface area contributed by atoms with Crippen molar-refractivity contribution < 1.29 is 9.26 Å². The Kier molecular flexibility index (Phi) is 3.44. The van der Waals surface area contributed by atoms with E-state index in [4.69, 9.17) is 14.5 Å². The summed E-state index contributed by atoms with van der Waals surface area (Å²) in [6, 6.07) is 3.67. The van der Waals surface area contributed by atoms with Crippen LogP contribution in [0.5, 0.6) is 0 Å². The van der Waals surface area contributed by atoms with Gasteiger partial charge in [0, 0.05) is 13.3 Å². The zero-order valence-corrected chi connectivity index (χ0v) is 10.5. The van der Waals surface area contributed by atoms with Crippen LogP contribution in [0.25, 0.3) is 11.5 Å². The summed E-state index contributed by atoms with van der Waals surface area (Å²) in [6.45, 7) is 4.04. The number of nitrogens with zero attached hydrogens (tertiary/aromatic N) is 3. The molecule has 0 saturated carbocycles. The Bertz CT molecular complexity index is 565. The fourth-order valence-corrected chi connectivity index (χ4v) is 1.73. The molecule has 0 aromatic carbocycles. The lowest BCUT2D eigenvalue weighted by atomic mass is 10.1. The normalized spacial score (nSPS) is 12.6. The number of hydrogen-bond donors (Lipinski definition) is 1. The summed E-state index contributed by atoms with van der Waals surface area (Å²) in [6.07, 6.45) is 1.46. The first-order valence-electron chi connectivity index (χ1n) is 5.61. The number of aromatic amines is 1. The second kappa shape index (κ2) is 5.02. The van der Waals surface area contributed by atoms with Gasteiger partial charge >= 0.3 is 0 Å². The molecule has 1 unspecified atom stereocenters. The number of rotatable bonds is 4. The van der Waals surface area contributed by atoms with Gasteiger partial charge in [-0.1, -0.05) is 19.0 Å². The van der Waals surface area contributed by atoms with Crippen LogP contribution in [0.1, 0.15) is 31.5 Å². The van der Waals surface area contributed by atoms with E-state index in [1.54, 1.807) is 19.4 Å². The van der Waals surface area contributed by atoms with Crippen LogP contribution in [0.2, 0.25) is 0 Å². The zero-order valence-electron chi connectivity index (χ0n) is 10.5. The minimum Gasteiger partial charge on any atom is -0.373 e. The van der Waals surface area contributed by atoms with Gasteiger partial charge in [-0.15, -0.1) is 0 Å². The van der Waals surface area contributed by atoms with Gasteiger partial charge in [-0.3, -0.25) is 0 Å². The maximum Gasteiger partial charge on any atom is 0.259 e. The Morgan fingerprint density at radius 3 is 2.83 bits per heavy atom. The van der Waals surface area contributed by atoms with Gasteiger partial charge in [0.2, 0.25) is 5.82 Å². The van der Waals surface area contributed by atoms with Crippen molar-refractivity contribution in [3.05, 3.63) is 23.8 Å². The highest BCUT2D eigenvalue weighted by Gasteiger charge is 2.22. The maximum absolute atomic E-state index is 8.73. The smallest absolute Gasteiger partial charge is 0.259 e. The Balaban J connectivity index is 2.27. The van der Waals surface area contributed by atoms with E-state index >= 15 is 0 Å². The van der Waals surface area contributed by atoms with E-state index < -0.39 is 0 Å². The molecule has 2 rings (SSSR count). The third-order valence-electron chi connectivity index (χ3n) is 2.61. The molecule has 0 spiro atoms. The molecule has 0 radical (unpaired) electrons. The number of nitriles is 1. The third kappa shape index (κ3) is 2.26. The standard InChI is InChI=1S/C12H14N4O2/c1-7(2)10(17-3)11-15-12(18-16-11)8-4-9(5-13)14-6-8/h4,6-7,10,14H,1-3H3. The quantitative estimate of drug-likeness (QED) is 0.894. The summed E-state index contributed by atoms with van der Waals surface area (Å²) in [7, 11) is 1.62. The van der Waals surface area contributed by atoms with Crippen LogP contribution in [-0.2, 0) is 4.74 Å². The molecule has 2 heterocycles. The molecule has 0 aliphatic rings. The van der Waals surface area contributed by atoms with E-state index in [-0.39, 0.29) is 12.0 Å². The average molecular weight is 246 g/mol. The topological polar surface area (TPSA) is 87.7 Å². The Hall–Kier alpha value is -2.13. The van der Waals surface area contributed by atoms with Crippen molar-refractivity contribution in [1.29, 1.82) is 5.26 Å². The van der Waals surface area contributed by atoms with Gasteiger partial charge in [0.05, 0.1) is 5.56 Å². The van der Waals surface area contributed by atoms with Crippen molar-refractivity contribution in [1.82, 2.24) is 15.1 Å². The first-order valence-corrected chi connectivity index (χ1v) is 5.61. The number of H-pyrrole nitrogens is 1. The van der Waals surface area contributed by atoms with E-state index in [9.17, 15) is 0 Å². The lowest BCUT2D eigenvalue weighted by Gasteiger charge is -2.14. The zero-order chi connectivity index (χ0) is 13.1. The lowest BCUT2D eigenvalue weighted by molar-refractivity contribution is 0.0556. The molecular weight excluding hydrogens is 232 g/mol. The van der Waals surface area contributed by atoms with E-state index in [1.165, 1.54) is 0 Å². The highest BCUT2D eigenvalue weighted by atomic mass is 16.5. The van der Waals surface area contributed by atoms with E-state index in [0.29, 0.717) is 23.0 Å². The summed E-state index contributed by atoms with van der Waals surface area (Å²) in [5.74, 6) is 1.15. The molecule has 0 amide bonds. The van der Waals surface area contributed by atoms with E-state index in [1.807, 2.05) is 19.9 Å². The SMILES string of the molecule is COC(c1noc(-c2c[nH]c(C#N)c2)n1)C(C)C. The van der Waals surface area contributed by atoms with Crippen LogP contribution < -0.4 is 0 Å². The van der Waals surface area contributed by atoms with Crippen molar-refractivity contribution in [3.63, 3.8) is 0 Å². The Morgan fingerprint density at radius 2 is 2.28 bits per heavy atom. The van der Waals surface area contributed by atoms with Crippen LogP contribution >= 0.6 is 0 Å². The van der Waals surface area contributed by atoms with E-state index in [0.717, 1.165) is 0 Å². The summed E-state index contributed by atoms with van der Waals surface area (Å²) in [5.41, 5.74) is 1.15. The number of hydrogen-bond acceptors (Lipinski definition) is 5. The van der Waals surface area contributed by atoms with Crippen molar-refractivity contribution in [3.8, 4) is 17.5 Å². The molecule has 2 aromatic heterocycles. The number of ether oxygens (including phenoxy) is 1. The van der Waals surface area contributed by atoms with Crippen molar-refractivity contribution in [2.45, 2.75) is 20.0 Å². The summed E-state index contributed by atoms with van der Waals surface area (Å²) in [5, 5.41) is 12.6. The first-order chi connectivity index (χ1) is 8.65. The minimum atomic E-state index is -0.197. The highest BCUT2D eigenvalue weighted by molar-refractivity contribution is 5.54. The van der Waals surface area contributed by atoms with Crippen LogP contribution in [0, 0.1) is 17.2 Å². The highest BCUT2D eigenvalue weighted by Crippen LogP contribution is 2.25. The molecular formula is C12H14N4O2. The third-order valence-corrected chi connectivity index (χ3v) is 2.61. The minimum absolute atomic E-state index is 0.197. The van der Waals surface area contributed by atoms with Gasteiger partial charge < -0.3 is 14.2 Å². The Morgan fingerprint density at radius 1 is 1.50 bits per heavy atom. The molecule has 18 heavy (non-hydrogen) atoms. The summed E-state index contributed by atoms with van der Waals surface area (Å²) >= 11 is 0. The number of nitrogens with one attached hydrogen (secondary N) is 1. The molecule has 0 aliphatic heterocycles. The van der Waals surface area contributed by atoms with Crippen LogP contribution in [-0.4, -0.2) is 22.2 Å². The molecule has 0 aliphatic carbocycles. The molecule has 6 heteroatoms. The molecule has 0 bridgehead atoms. The van der Waals surface area contributed by atoms with Crippen molar-refractivity contribution in [2.75, 3.05) is 7.11 Å². The molecule has 1 atom stereocenters. The van der Waals surface area contributed by atoms with Crippen LogP contribution in [0.4, 0.5) is 0 Å². The molecule has 0 fully saturated rings. The summed E-state index contributed by atoms with van der Waals surface area (Å²) in [4.78, 5) is 7.10. The largest absolute Gasteiger partial charge is 0.373 e. The predicted octanol–water partition coefficient (Wildman–Crippen LogP) is 2.28. The second-order valence-electron chi connectivity index (χ2n) is 4.27. The lowest BCUT2D eigenvalue weighted by Crippen LogP contribution is -2.10. The number of aromatic nitrogens is 3. The fraction of sp³-hybridized carbons (Fsp3) is 0.417. The van der Waals surface area contributed by atoms with Gasteiger partial charge in [0.1, 0.15) is 17.9 Å². The second-order valence-corrected chi connectivity index (χ2v) is 4.27. The Labute approximate surface area is 105 Å². The van der Waals surface area contributed by atoms with Crippen LogP contribution in [0.15, 0.2) is 16.8 Å². The maximum atomic E-state index is 8.73. The van der Waals surface area contributed by atoms with Gasteiger partial charge in [0.15, 0.2) is 0 Å². The molecule has 2 aromatic rings. The molecule has 0 saturated heterocycles. The van der Waals surface area contributed by atoms with Gasteiger partial charge in [-0.25, -0.2) is 0 Å².